The number of hydrogen-bond donors (Lipinski definition) is 3. The molecule has 2 saturated heterocycles. The van der Waals surface area contributed by atoms with Gasteiger partial charge in [-0.15, -0.1) is 0 Å². The Morgan fingerprint density at radius 1 is 0.846 bits per heavy atom. The van der Waals surface area contributed by atoms with E-state index in [0.29, 0.717) is 24.5 Å². The van der Waals surface area contributed by atoms with Crippen molar-refractivity contribution in [3.05, 3.63) is 125 Å². The molecule has 10 heteroatoms. The molecular formula is C42H49N3O7. The van der Waals surface area contributed by atoms with Crippen molar-refractivity contribution in [1.82, 2.24) is 10.2 Å². The Labute approximate surface area is 306 Å². The van der Waals surface area contributed by atoms with Crippen molar-refractivity contribution < 1.29 is 33.6 Å². The number of hydrogen-bond acceptors (Lipinski definition) is 8. The third kappa shape index (κ3) is 9.77. The average Bonchev–Trinajstić information content (AvgIpc) is 3.61. The Kier molecular flexibility index (Phi) is 11.9. The van der Waals surface area contributed by atoms with Crippen molar-refractivity contribution in [1.29, 1.82) is 0 Å². The number of nitrogens with zero attached hydrogens (tertiary/aromatic N) is 1. The van der Waals surface area contributed by atoms with Gasteiger partial charge in [-0.25, -0.2) is 4.79 Å². The van der Waals surface area contributed by atoms with Crippen LogP contribution in [0.4, 0.5) is 10.5 Å². The largest absolute Gasteiger partial charge is 0.459 e. The molecule has 2 aliphatic heterocycles. The van der Waals surface area contributed by atoms with Crippen LogP contribution in [-0.4, -0.2) is 52.8 Å². The standard InChI is InChI=1S/C42H49N3O7/c1-28-37(26-45-24-8-11-36(45)39(47)52-42(2,3)4)50-40(51-38(28)31-16-14-30(27-46)15-17-31)32-18-12-29(13-19-32)25-43-41(48)44-33-20-22-35(23-21-33)49-34-9-6-5-7-10-34/h5-7,9-10,12-23,28,36-38,40,46H,8,11,24-27H2,1-4H3,(H2,43,44,48). The number of likely N-dealkylation sites (tertiary alicyclic amines) is 1. The monoisotopic (exact) mass is 707 g/mol. The first-order valence-electron chi connectivity index (χ1n) is 18.0. The zero-order valence-corrected chi connectivity index (χ0v) is 30.3. The number of benzene rings is 4. The Bertz CT molecular complexity index is 1760. The fourth-order valence-electron chi connectivity index (χ4n) is 6.62. The number of aliphatic hydroxyl groups excluding tert-OH is 1. The number of anilines is 1. The number of amides is 2. The van der Waals surface area contributed by atoms with Crippen molar-refractivity contribution in [2.24, 2.45) is 5.92 Å². The van der Waals surface area contributed by atoms with Gasteiger partial charge in [-0.1, -0.05) is 73.7 Å². The molecule has 6 rings (SSSR count). The normalized spacial score (nSPS) is 22.1. The van der Waals surface area contributed by atoms with Crippen LogP contribution in [0.15, 0.2) is 103 Å². The zero-order chi connectivity index (χ0) is 36.7. The highest BCUT2D eigenvalue weighted by Crippen LogP contribution is 2.42. The van der Waals surface area contributed by atoms with Crippen LogP contribution in [-0.2, 0) is 32.2 Å². The van der Waals surface area contributed by atoms with Crippen LogP contribution in [0.5, 0.6) is 11.5 Å². The second-order valence-corrected chi connectivity index (χ2v) is 14.5. The first kappa shape index (κ1) is 37.0. The molecule has 0 bridgehead atoms. The molecule has 0 spiro atoms. The molecule has 4 aromatic rings. The first-order valence-corrected chi connectivity index (χ1v) is 18.0. The fourth-order valence-corrected chi connectivity index (χ4v) is 6.62. The van der Waals surface area contributed by atoms with E-state index in [1.54, 1.807) is 24.3 Å². The molecule has 2 aliphatic rings. The summed E-state index contributed by atoms with van der Waals surface area (Å²) in [5, 5.41) is 15.4. The van der Waals surface area contributed by atoms with Gasteiger partial charge in [-0.05, 0) is 93.2 Å². The maximum atomic E-state index is 13.1. The van der Waals surface area contributed by atoms with Crippen molar-refractivity contribution in [3.63, 3.8) is 0 Å². The van der Waals surface area contributed by atoms with Gasteiger partial charge in [-0.3, -0.25) is 9.69 Å². The van der Waals surface area contributed by atoms with Gasteiger partial charge in [0.15, 0.2) is 6.29 Å². The maximum absolute atomic E-state index is 13.1. The second kappa shape index (κ2) is 16.7. The van der Waals surface area contributed by atoms with Crippen LogP contribution in [0, 0.1) is 5.92 Å². The van der Waals surface area contributed by atoms with Crippen LogP contribution >= 0.6 is 0 Å². The molecular weight excluding hydrogens is 658 g/mol. The first-order chi connectivity index (χ1) is 25.0. The number of carbonyl (C=O) groups is 2. The minimum Gasteiger partial charge on any atom is -0.459 e. The predicted molar refractivity (Wildman–Crippen MR) is 199 cm³/mol. The van der Waals surface area contributed by atoms with Gasteiger partial charge in [0, 0.05) is 30.3 Å². The molecule has 0 aromatic heterocycles. The lowest BCUT2D eigenvalue weighted by molar-refractivity contribution is -0.276. The minimum absolute atomic E-state index is 0.0225. The third-order valence-electron chi connectivity index (χ3n) is 9.38. The number of rotatable bonds is 11. The molecule has 274 valence electrons. The summed E-state index contributed by atoms with van der Waals surface area (Å²) >= 11 is 0. The zero-order valence-electron chi connectivity index (χ0n) is 30.3. The SMILES string of the molecule is CC1C(CN2CCCC2C(=O)OC(C)(C)C)OC(c2ccc(CNC(=O)Nc3ccc(Oc4ccccc4)cc3)cc2)OC1c1ccc(CO)cc1. The maximum Gasteiger partial charge on any atom is 0.323 e. The molecule has 4 aromatic carbocycles. The number of carbonyl (C=O) groups excluding carboxylic acids is 2. The highest BCUT2D eigenvalue weighted by Gasteiger charge is 2.42. The van der Waals surface area contributed by atoms with Crippen LogP contribution in [0.2, 0.25) is 0 Å². The number of para-hydroxylation sites is 1. The Hall–Kier alpha value is -4.74. The Morgan fingerprint density at radius 2 is 1.50 bits per heavy atom. The Balaban J connectivity index is 1.09. The average molecular weight is 708 g/mol. The molecule has 3 N–H and O–H groups in total. The van der Waals surface area contributed by atoms with E-state index in [9.17, 15) is 14.7 Å². The highest BCUT2D eigenvalue weighted by molar-refractivity contribution is 5.89. The summed E-state index contributed by atoms with van der Waals surface area (Å²) in [4.78, 5) is 28.0. The molecule has 0 saturated carbocycles. The summed E-state index contributed by atoms with van der Waals surface area (Å²) in [6.45, 7) is 9.46. The van der Waals surface area contributed by atoms with E-state index in [1.807, 2.05) is 99.6 Å². The van der Waals surface area contributed by atoms with E-state index >= 15 is 0 Å². The predicted octanol–water partition coefficient (Wildman–Crippen LogP) is 7.89. The second-order valence-electron chi connectivity index (χ2n) is 14.5. The fraction of sp³-hybridized carbons (Fsp3) is 0.381. The van der Waals surface area contributed by atoms with Crippen LogP contribution in [0.1, 0.15) is 75.2 Å². The molecule has 0 aliphatic carbocycles. The molecule has 52 heavy (non-hydrogen) atoms. The van der Waals surface area contributed by atoms with Crippen LogP contribution in [0.3, 0.4) is 0 Å². The molecule has 2 fully saturated rings. The number of urea groups is 1. The van der Waals surface area contributed by atoms with E-state index < -0.39 is 11.9 Å². The van der Waals surface area contributed by atoms with E-state index in [-0.39, 0.29) is 42.8 Å². The van der Waals surface area contributed by atoms with Crippen LogP contribution < -0.4 is 15.4 Å². The minimum atomic E-state index is -0.648. The van der Waals surface area contributed by atoms with Gasteiger partial charge >= 0.3 is 12.0 Å². The van der Waals surface area contributed by atoms with Crippen molar-refractivity contribution in [2.75, 3.05) is 18.4 Å². The summed E-state index contributed by atoms with van der Waals surface area (Å²) in [5.74, 6) is 1.20. The molecule has 2 amide bonds. The molecule has 2 heterocycles. The lowest BCUT2D eigenvalue weighted by Gasteiger charge is -2.43. The quantitative estimate of drug-likeness (QED) is 0.135. The van der Waals surface area contributed by atoms with Crippen molar-refractivity contribution in [2.45, 2.75) is 83.8 Å². The number of esters is 1. The van der Waals surface area contributed by atoms with Crippen molar-refractivity contribution in [3.8, 4) is 11.5 Å². The lowest BCUT2D eigenvalue weighted by Crippen LogP contribution is -2.48. The number of aliphatic hydroxyl groups is 1. The molecule has 5 atom stereocenters. The van der Waals surface area contributed by atoms with Gasteiger partial charge in [0.2, 0.25) is 0 Å². The van der Waals surface area contributed by atoms with Gasteiger partial charge in [-0.2, -0.15) is 0 Å². The third-order valence-corrected chi connectivity index (χ3v) is 9.38. The summed E-state index contributed by atoms with van der Waals surface area (Å²) < 4.78 is 24.9. The van der Waals surface area contributed by atoms with E-state index in [1.165, 1.54) is 0 Å². The Morgan fingerprint density at radius 3 is 2.17 bits per heavy atom. The van der Waals surface area contributed by atoms with Gasteiger partial charge in [0.05, 0.1) is 18.8 Å². The summed E-state index contributed by atoms with van der Waals surface area (Å²) in [6.07, 6.45) is 0.522. The van der Waals surface area contributed by atoms with Gasteiger partial charge < -0.3 is 34.7 Å². The van der Waals surface area contributed by atoms with Gasteiger partial charge in [0.1, 0.15) is 23.1 Å². The molecule has 10 nitrogen and oxygen atoms in total. The highest BCUT2D eigenvalue weighted by atomic mass is 16.7. The molecule has 5 unspecified atom stereocenters. The number of nitrogens with one attached hydrogen (secondary N) is 2. The van der Waals surface area contributed by atoms with E-state index in [0.717, 1.165) is 47.4 Å². The van der Waals surface area contributed by atoms with Crippen LogP contribution in [0.25, 0.3) is 0 Å². The number of ether oxygens (including phenoxy) is 4. The summed E-state index contributed by atoms with van der Waals surface area (Å²) in [6, 6.07) is 31.7. The van der Waals surface area contributed by atoms with Gasteiger partial charge in [0.25, 0.3) is 0 Å². The van der Waals surface area contributed by atoms with E-state index in [4.69, 9.17) is 18.9 Å². The smallest absolute Gasteiger partial charge is 0.323 e. The summed E-state index contributed by atoms with van der Waals surface area (Å²) in [7, 11) is 0. The van der Waals surface area contributed by atoms with E-state index in [2.05, 4.69) is 22.5 Å². The molecule has 0 radical (unpaired) electrons. The topological polar surface area (TPSA) is 119 Å². The summed E-state index contributed by atoms with van der Waals surface area (Å²) in [5.41, 5.74) is 3.69. The lowest BCUT2D eigenvalue weighted by atomic mass is 9.90. The van der Waals surface area contributed by atoms with Crippen molar-refractivity contribution >= 4 is 17.7 Å².